The number of hydrogen-bond donors (Lipinski definition) is 0. The Morgan fingerprint density at radius 2 is 1.53 bits per heavy atom. The van der Waals surface area contributed by atoms with Gasteiger partial charge in [0.2, 0.25) is 10.0 Å². The molecule has 0 bridgehead atoms. The molecule has 0 fully saturated rings. The Balaban J connectivity index is 3.63. The molecule has 19 heavy (non-hydrogen) atoms. The summed E-state index contributed by atoms with van der Waals surface area (Å²) in [5, 5.41) is 0. The molecule has 0 atom stereocenters. The first-order chi connectivity index (χ1) is 8.59. The molecule has 1 aromatic rings. The van der Waals surface area contributed by atoms with E-state index < -0.39 is 29.3 Å². The minimum Gasteiger partial charge on any atom is -0.788 e. The standard InChI is InChI=1S/C9H12N2O4S4/c1-11(2)19(14,15)8-6-4-3-5-7(8)18(12,13)10-9(16)17/h3-6H,1-2H3,(H2,10,16,17)/p-2. The fraction of sp³-hybridized carbons (Fsp3) is 0.222. The number of benzene rings is 1. The maximum absolute atomic E-state index is 12.0. The molecule has 0 radical (unpaired) electrons. The Labute approximate surface area is 123 Å². The maximum Gasteiger partial charge on any atom is 0.280 e. The van der Waals surface area contributed by atoms with Crippen LogP contribution in [0.2, 0.25) is 0 Å². The Morgan fingerprint density at radius 1 is 1.05 bits per heavy atom. The molecule has 0 amide bonds. The molecule has 1 aromatic carbocycles. The molecule has 0 spiro atoms. The van der Waals surface area contributed by atoms with E-state index in [2.05, 4.69) is 29.7 Å². The van der Waals surface area contributed by atoms with Crippen molar-refractivity contribution in [2.45, 2.75) is 9.79 Å². The van der Waals surface area contributed by atoms with E-state index in [9.17, 15) is 16.8 Å². The van der Waals surface area contributed by atoms with Crippen molar-refractivity contribution < 1.29 is 16.8 Å². The summed E-state index contributed by atoms with van der Waals surface area (Å²) in [5.74, 6) is 0. The quantitative estimate of drug-likeness (QED) is 0.439. The van der Waals surface area contributed by atoms with Gasteiger partial charge in [-0.3, -0.25) is 0 Å². The minimum absolute atomic E-state index is 0.366. The molecule has 0 saturated heterocycles. The Hall–Kier alpha value is -0.810. The van der Waals surface area contributed by atoms with Crippen molar-refractivity contribution in [1.82, 2.24) is 4.31 Å². The molecule has 0 heterocycles. The van der Waals surface area contributed by atoms with Gasteiger partial charge >= 0.3 is 0 Å². The van der Waals surface area contributed by atoms with Crippen LogP contribution in [-0.2, 0) is 45.3 Å². The van der Waals surface area contributed by atoms with Crippen molar-refractivity contribution in [2.75, 3.05) is 14.1 Å². The van der Waals surface area contributed by atoms with Crippen LogP contribution in [0.3, 0.4) is 0 Å². The number of nitrogens with zero attached hydrogens (tertiary/aromatic N) is 2. The van der Waals surface area contributed by atoms with Crippen LogP contribution < -0.4 is 0 Å². The minimum atomic E-state index is -4.23. The average molecular weight is 338 g/mol. The van der Waals surface area contributed by atoms with Crippen LogP contribution >= 0.6 is 0 Å². The third kappa shape index (κ3) is 3.60. The highest BCUT2D eigenvalue weighted by Crippen LogP contribution is 2.24. The third-order valence-electron chi connectivity index (χ3n) is 2.08. The van der Waals surface area contributed by atoms with Gasteiger partial charge in [-0.15, -0.1) is 0 Å². The number of rotatable bonds is 4. The van der Waals surface area contributed by atoms with Crippen LogP contribution in [0.4, 0.5) is 0 Å². The van der Waals surface area contributed by atoms with Crippen LogP contribution in [0, 0.1) is 0 Å². The summed E-state index contributed by atoms with van der Waals surface area (Å²) >= 11 is 8.88. The van der Waals surface area contributed by atoms with E-state index in [0.717, 1.165) is 10.4 Å². The molecule has 106 valence electrons. The molecule has 0 N–H and O–H groups in total. The van der Waals surface area contributed by atoms with Crippen LogP contribution in [-0.4, -0.2) is 39.6 Å². The molecule has 0 aliphatic heterocycles. The van der Waals surface area contributed by atoms with Gasteiger partial charge in [0.25, 0.3) is 10.0 Å². The van der Waals surface area contributed by atoms with Gasteiger partial charge in [0, 0.05) is 14.1 Å². The lowest BCUT2D eigenvalue weighted by molar-refractivity contribution is 0.517. The second kappa shape index (κ2) is 5.67. The van der Waals surface area contributed by atoms with Gasteiger partial charge in [-0.2, -0.15) is 8.42 Å². The SMILES string of the molecule is CN(C)S(=O)(=O)c1ccccc1S(=O)(=O)N=C([S-])[S-]. The number of hydrogen-bond acceptors (Lipinski definition) is 6. The van der Waals surface area contributed by atoms with Crippen LogP contribution in [0.15, 0.2) is 38.5 Å². The Kier molecular flexibility index (Phi) is 4.85. The normalized spacial score (nSPS) is 12.4. The highest BCUT2D eigenvalue weighted by atomic mass is 32.2. The van der Waals surface area contributed by atoms with E-state index in [1.54, 1.807) is 0 Å². The monoisotopic (exact) mass is 338 g/mol. The Morgan fingerprint density at radius 3 is 1.95 bits per heavy atom. The van der Waals surface area contributed by atoms with Crippen molar-refractivity contribution in [3.63, 3.8) is 0 Å². The van der Waals surface area contributed by atoms with E-state index in [1.165, 1.54) is 32.3 Å². The second-order valence-corrected chi connectivity index (χ2v) is 8.29. The molecule has 0 aromatic heterocycles. The summed E-state index contributed by atoms with van der Waals surface area (Å²) in [6.07, 6.45) is 0. The predicted molar refractivity (Wildman–Crippen MR) is 76.7 cm³/mol. The zero-order valence-corrected chi connectivity index (χ0v) is 13.2. The topological polar surface area (TPSA) is 83.9 Å². The molecule has 6 nitrogen and oxygen atoms in total. The zero-order valence-electron chi connectivity index (χ0n) is 9.97. The first-order valence-electron chi connectivity index (χ1n) is 4.79. The van der Waals surface area contributed by atoms with E-state index in [1.807, 2.05) is 0 Å². The highest BCUT2D eigenvalue weighted by molar-refractivity contribution is 8.06. The van der Waals surface area contributed by atoms with Gasteiger partial charge in [-0.25, -0.2) is 21.5 Å². The van der Waals surface area contributed by atoms with Gasteiger partial charge < -0.3 is 25.3 Å². The molecule has 0 aliphatic rings. The highest BCUT2D eigenvalue weighted by Gasteiger charge is 2.26. The molecular formula is C9H10N2O4S4-2. The molecule has 0 saturated carbocycles. The van der Waals surface area contributed by atoms with Crippen LogP contribution in [0.1, 0.15) is 0 Å². The summed E-state index contributed by atoms with van der Waals surface area (Å²) < 4.78 is 51.5. The summed E-state index contributed by atoms with van der Waals surface area (Å²) in [5.41, 5.74) is 0. The molecule has 0 aliphatic carbocycles. The van der Waals surface area contributed by atoms with Gasteiger partial charge in [0.05, 0.1) is 0 Å². The van der Waals surface area contributed by atoms with Crippen molar-refractivity contribution in [2.24, 2.45) is 4.40 Å². The predicted octanol–water partition coefficient (Wildman–Crippen LogP) is 0.0754. The summed E-state index contributed by atoms with van der Waals surface area (Å²) in [6.45, 7) is 0. The maximum atomic E-state index is 12.0. The summed E-state index contributed by atoms with van der Waals surface area (Å²) in [7, 11) is -5.54. The fourth-order valence-corrected chi connectivity index (χ4v) is 4.27. The first-order valence-corrected chi connectivity index (χ1v) is 8.49. The molecule has 0 unspecified atom stereocenters. The lowest BCUT2D eigenvalue weighted by Crippen LogP contribution is -2.24. The van der Waals surface area contributed by atoms with Gasteiger partial charge in [0.1, 0.15) is 9.79 Å². The lowest BCUT2D eigenvalue weighted by Gasteiger charge is -2.17. The fourth-order valence-electron chi connectivity index (χ4n) is 1.22. The van der Waals surface area contributed by atoms with Crippen molar-refractivity contribution in [1.29, 1.82) is 0 Å². The van der Waals surface area contributed by atoms with E-state index in [-0.39, 0.29) is 4.90 Å². The summed E-state index contributed by atoms with van der Waals surface area (Å²) in [6, 6.07) is 5.14. The molecular weight excluding hydrogens is 328 g/mol. The van der Waals surface area contributed by atoms with Crippen molar-refractivity contribution >= 4 is 49.7 Å². The van der Waals surface area contributed by atoms with Gasteiger partial charge in [-0.1, -0.05) is 12.1 Å². The smallest absolute Gasteiger partial charge is 0.280 e. The van der Waals surface area contributed by atoms with E-state index >= 15 is 0 Å². The average Bonchev–Trinajstić information content (AvgIpc) is 2.27. The molecule has 1 rings (SSSR count). The van der Waals surface area contributed by atoms with Gasteiger partial charge in [0.15, 0.2) is 0 Å². The molecule has 10 heteroatoms. The van der Waals surface area contributed by atoms with Crippen LogP contribution in [0.5, 0.6) is 0 Å². The summed E-state index contributed by atoms with van der Waals surface area (Å²) in [4.78, 5) is -0.814. The van der Waals surface area contributed by atoms with E-state index in [4.69, 9.17) is 0 Å². The lowest BCUT2D eigenvalue weighted by atomic mass is 10.4. The van der Waals surface area contributed by atoms with Crippen molar-refractivity contribution in [3.8, 4) is 0 Å². The first kappa shape index (κ1) is 16.2. The van der Waals surface area contributed by atoms with Crippen molar-refractivity contribution in [3.05, 3.63) is 24.3 Å². The van der Waals surface area contributed by atoms with E-state index in [0.29, 0.717) is 0 Å². The van der Waals surface area contributed by atoms with Crippen LogP contribution in [0.25, 0.3) is 0 Å². The number of sulfonamides is 2. The largest absolute Gasteiger partial charge is 0.788 e. The van der Waals surface area contributed by atoms with Gasteiger partial charge in [-0.05, 0) is 12.1 Å². The zero-order chi connectivity index (χ0) is 14.8. The third-order valence-corrected chi connectivity index (χ3v) is 5.83. The Bertz CT molecular complexity index is 703. The second-order valence-electron chi connectivity index (χ2n) is 3.57.